The molecular weight excluding hydrogens is 396 g/mol. The van der Waals surface area contributed by atoms with E-state index in [1.807, 2.05) is 19.9 Å². The highest BCUT2D eigenvalue weighted by Gasteiger charge is 2.35. The molecule has 2 aliphatic heterocycles. The Hall–Kier alpha value is -3.25. The van der Waals surface area contributed by atoms with Crippen LogP contribution < -0.4 is 14.9 Å². The molecule has 0 bridgehead atoms. The van der Waals surface area contributed by atoms with E-state index in [4.69, 9.17) is 13.9 Å². The summed E-state index contributed by atoms with van der Waals surface area (Å²) in [4.78, 5) is 13.3. The van der Waals surface area contributed by atoms with Crippen LogP contribution in [-0.4, -0.2) is 27.5 Å². The summed E-state index contributed by atoms with van der Waals surface area (Å²) in [5, 5.41) is 21.6. The maximum absolute atomic E-state index is 13.3. The first-order chi connectivity index (χ1) is 14.5. The molecule has 3 aromatic rings. The third-order valence-electron chi connectivity index (χ3n) is 5.91. The smallest absolute Gasteiger partial charge is 0.200 e. The summed E-state index contributed by atoms with van der Waals surface area (Å²) in [6.45, 7) is 7.26. The number of rotatable bonds is 2. The van der Waals surface area contributed by atoms with Crippen LogP contribution in [0, 0.1) is 0 Å². The quantitative estimate of drug-likeness (QED) is 0.638. The Bertz CT molecular complexity index is 1310. The molecule has 2 N–H and O–H groups in total. The van der Waals surface area contributed by atoms with Gasteiger partial charge in [0.05, 0.1) is 22.1 Å². The normalized spacial score (nSPS) is 18.9. The summed E-state index contributed by atoms with van der Waals surface area (Å²) in [6.07, 6.45) is 5.14. The number of aliphatic hydroxyl groups is 1. The predicted molar refractivity (Wildman–Crippen MR) is 118 cm³/mol. The van der Waals surface area contributed by atoms with E-state index in [-0.39, 0.29) is 16.7 Å². The molecule has 6 nitrogen and oxygen atoms in total. The highest BCUT2D eigenvalue weighted by molar-refractivity contribution is 5.87. The standard InChI is InChI=1S/C25H24O6/c1-24(2)8-7-15-18(31-24)6-5-14(22(15)26)17-12-29-20-11-19-13(9-16(20)23(17)27)10-21(30-19)25(3,4)28/h5-9,11-12,21,26,28H,10H2,1-4H3. The Kier molecular flexibility index (Phi) is 4.05. The molecule has 0 saturated heterocycles. The van der Waals surface area contributed by atoms with E-state index in [2.05, 4.69) is 0 Å². The van der Waals surface area contributed by atoms with Crippen molar-refractivity contribution in [1.82, 2.24) is 0 Å². The number of benzene rings is 2. The minimum absolute atomic E-state index is 0.0255. The van der Waals surface area contributed by atoms with Crippen LogP contribution in [0.15, 0.2) is 45.8 Å². The predicted octanol–water partition coefficient (Wildman–Crippen LogP) is 4.42. The van der Waals surface area contributed by atoms with Crippen LogP contribution in [0.3, 0.4) is 0 Å². The topological polar surface area (TPSA) is 89.1 Å². The Morgan fingerprint density at radius 1 is 1.13 bits per heavy atom. The van der Waals surface area contributed by atoms with Crippen molar-refractivity contribution in [2.75, 3.05) is 0 Å². The van der Waals surface area contributed by atoms with Crippen molar-refractivity contribution >= 4 is 17.0 Å². The molecule has 0 aliphatic carbocycles. The minimum atomic E-state index is -1.01. The zero-order chi connectivity index (χ0) is 22.1. The number of ether oxygens (including phenoxy) is 2. The van der Waals surface area contributed by atoms with E-state index in [1.165, 1.54) is 6.26 Å². The van der Waals surface area contributed by atoms with Crippen LogP contribution in [0.1, 0.15) is 38.8 Å². The molecule has 5 rings (SSSR count). The van der Waals surface area contributed by atoms with Gasteiger partial charge in [-0.2, -0.15) is 0 Å². The molecular formula is C25H24O6. The first-order valence-electron chi connectivity index (χ1n) is 10.3. The van der Waals surface area contributed by atoms with Gasteiger partial charge in [0.1, 0.15) is 40.8 Å². The number of hydrogen-bond acceptors (Lipinski definition) is 6. The van der Waals surface area contributed by atoms with Gasteiger partial charge in [-0.25, -0.2) is 0 Å². The first kappa shape index (κ1) is 19.7. The molecule has 1 atom stereocenters. The monoisotopic (exact) mass is 420 g/mol. The maximum atomic E-state index is 13.3. The average molecular weight is 420 g/mol. The molecule has 31 heavy (non-hydrogen) atoms. The van der Waals surface area contributed by atoms with E-state index >= 15 is 0 Å². The van der Waals surface area contributed by atoms with Crippen molar-refractivity contribution in [3.63, 3.8) is 0 Å². The van der Waals surface area contributed by atoms with Gasteiger partial charge in [0.15, 0.2) is 0 Å². The lowest BCUT2D eigenvalue weighted by atomic mass is 9.95. The lowest BCUT2D eigenvalue weighted by Gasteiger charge is -2.28. The minimum Gasteiger partial charge on any atom is -0.507 e. The summed E-state index contributed by atoms with van der Waals surface area (Å²) < 4.78 is 17.5. The molecule has 0 spiro atoms. The van der Waals surface area contributed by atoms with E-state index < -0.39 is 17.3 Å². The molecule has 0 radical (unpaired) electrons. The highest BCUT2D eigenvalue weighted by atomic mass is 16.5. The lowest BCUT2D eigenvalue weighted by molar-refractivity contribution is -0.0229. The van der Waals surface area contributed by atoms with Gasteiger partial charge in [0.25, 0.3) is 0 Å². The molecule has 2 aromatic carbocycles. The molecule has 0 saturated carbocycles. The van der Waals surface area contributed by atoms with Crippen molar-refractivity contribution in [3.05, 3.63) is 58.0 Å². The first-order valence-corrected chi connectivity index (χ1v) is 10.3. The van der Waals surface area contributed by atoms with E-state index in [0.29, 0.717) is 40.0 Å². The molecule has 1 unspecified atom stereocenters. The van der Waals surface area contributed by atoms with Crippen molar-refractivity contribution in [2.24, 2.45) is 0 Å². The van der Waals surface area contributed by atoms with Gasteiger partial charge in [-0.3, -0.25) is 4.79 Å². The van der Waals surface area contributed by atoms with Gasteiger partial charge in [-0.15, -0.1) is 0 Å². The third kappa shape index (κ3) is 3.18. The molecule has 0 amide bonds. The fourth-order valence-corrected chi connectivity index (χ4v) is 4.10. The summed E-state index contributed by atoms with van der Waals surface area (Å²) in [7, 11) is 0. The number of aromatic hydroxyl groups is 1. The Morgan fingerprint density at radius 2 is 1.90 bits per heavy atom. The summed E-state index contributed by atoms with van der Waals surface area (Å²) in [5.74, 6) is 1.14. The van der Waals surface area contributed by atoms with Gasteiger partial charge in [0, 0.05) is 18.1 Å². The summed E-state index contributed by atoms with van der Waals surface area (Å²) >= 11 is 0. The van der Waals surface area contributed by atoms with Gasteiger partial charge in [0.2, 0.25) is 5.43 Å². The van der Waals surface area contributed by atoms with Gasteiger partial charge >= 0.3 is 0 Å². The Morgan fingerprint density at radius 3 is 2.65 bits per heavy atom. The maximum Gasteiger partial charge on any atom is 0.200 e. The van der Waals surface area contributed by atoms with Crippen molar-refractivity contribution < 1.29 is 24.1 Å². The van der Waals surface area contributed by atoms with Crippen LogP contribution in [0.5, 0.6) is 17.2 Å². The summed E-state index contributed by atoms with van der Waals surface area (Å²) in [5.41, 5.74) is 0.707. The number of fused-ring (bicyclic) bond motifs is 3. The number of phenols is 1. The molecule has 6 heteroatoms. The second kappa shape index (κ2) is 6.37. The van der Waals surface area contributed by atoms with Crippen LogP contribution in [0.2, 0.25) is 0 Å². The third-order valence-corrected chi connectivity index (χ3v) is 5.91. The van der Waals surface area contributed by atoms with Crippen molar-refractivity contribution in [3.8, 4) is 28.4 Å². The number of hydrogen-bond donors (Lipinski definition) is 2. The molecule has 2 aliphatic rings. The van der Waals surface area contributed by atoms with Gasteiger partial charge in [-0.1, -0.05) is 0 Å². The molecule has 160 valence electrons. The van der Waals surface area contributed by atoms with Crippen LogP contribution in [0.25, 0.3) is 28.2 Å². The largest absolute Gasteiger partial charge is 0.507 e. The van der Waals surface area contributed by atoms with Crippen molar-refractivity contribution in [1.29, 1.82) is 0 Å². The molecule has 3 heterocycles. The van der Waals surface area contributed by atoms with Crippen LogP contribution in [-0.2, 0) is 6.42 Å². The Labute approximate surface area is 179 Å². The molecule has 0 fully saturated rings. The van der Waals surface area contributed by atoms with Crippen LogP contribution >= 0.6 is 0 Å². The zero-order valence-corrected chi connectivity index (χ0v) is 17.9. The molecule has 1 aromatic heterocycles. The second-order valence-electron chi connectivity index (χ2n) is 9.31. The van der Waals surface area contributed by atoms with E-state index in [1.54, 1.807) is 44.2 Å². The fourth-order valence-electron chi connectivity index (χ4n) is 4.10. The van der Waals surface area contributed by atoms with Gasteiger partial charge in [-0.05, 0) is 63.6 Å². The van der Waals surface area contributed by atoms with Gasteiger partial charge < -0.3 is 24.1 Å². The van der Waals surface area contributed by atoms with E-state index in [0.717, 1.165) is 5.56 Å². The summed E-state index contributed by atoms with van der Waals surface area (Å²) in [6, 6.07) is 6.87. The van der Waals surface area contributed by atoms with Crippen molar-refractivity contribution in [2.45, 2.75) is 51.4 Å². The fraction of sp³-hybridized carbons (Fsp3) is 0.320. The number of phenolic OH excluding ortho intramolecular Hbond substituents is 1. The SMILES string of the molecule is CC1(C)C=Cc2c(ccc(-c3coc4cc5c(cc4c3=O)CC(C(C)(C)O)O5)c2O)O1. The Balaban J connectivity index is 1.61. The average Bonchev–Trinajstić information content (AvgIpc) is 3.11. The zero-order valence-electron chi connectivity index (χ0n) is 17.9. The van der Waals surface area contributed by atoms with E-state index in [9.17, 15) is 15.0 Å². The second-order valence-corrected chi connectivity index (χ2v) is 9.31. The lowest BCUT2D eigenvalue weighted by Crippen LogP contribution is -2.39. The highest BCUT2D eigenvalue weighted by Crippen LogP contribution is 2.42. The van der Waals surface area contributed by atoms with Crippen LogP contribution in [0.4, 0.5) is 0 Å².